The van der Waals surface area contributed by atoms with Crippen LogP contribution in [0.25, 0.3) is 5.52 Å². The SMILES string of the molecule is Nc1ccc(O)c(CNC(=O)c2cnn3ccccc23)c1. The van der Waals surface area contributed by atoms with Crippen LogP contribution in [0.2, 0.25) is 0 Å². The highest BCUT2D eigenvalue weighted by atomic mass is 16.3. The lowest BCUT2D eigenvalue weighted by Crippen LogP contribution is -2.22. The lowest BCUT2D eigenvalue weighted by atomic mass is 10.1. The summed E-state index contributed by atoms with van der Waals surface area (Å²) in [6.07, 6.45) is 3.29. The van der Waals surface area contributed by atoms with Gasteiger partial charge in [-0.05, 0) is 30.3 Å². The first kappa shape index (κ1) is 13.0. The molecule has 0 atom stereocenters. The molecule has 0 spiro atoms. The molecule has 0 aliphatic heterocycles. The lowest BCUT2D eigenvalue weighted by Gasteiger charge is -2.07. The summed E-state index contributed by atoms with van der Waals surface area (Å²) in [6.45, 7) is 0.194. The Balaban J connectivity index is 1.79. The number of benzene rings is 1. The molecule has 0 saturated heterocycles. The van der Waals surface area contributed by atoms with Crippen molar-refractivity contribution in [2.45, 2.75) is 6.54 Å². The van der Waals surface area contributed by atoms with Gasteiger partial charge in [0.1, 0.15) is 5.75 Å². The maximum Gasteiger partial charge on any atom is 0.255 e. The van der Waals surface area contributed by atoms with E-state index in [9.17, 15) is 9.90 Å². The van der Waals surface area contributed by atoms with Crippen molar-refractivity contribution in [1.29, 1.82) is 0 Å². The van der Waals surface area contributed by atoms with Crippen molar-refractivity contribution >= 4 is 17.1 Å². The van der Waals surface area contributed by atoms with Gasteiger partial charge in [0, 0.05) is 24.0 Å². The molecule has 0 fully saturated rings. The topological polar surface area (TPSA) is 92.6 Å². The van der Waals surface area contributed by atoms with E-state index in [0.717, 1.165) is 5.52 Å². The lowest BCUT2D eigenvalue weighted by molar-refractivity contribution is 0.0952. The van der Waals surface area contributed by atoms with Gasteiger partial charge in [-0.15, -0.1) is 0 Å². The molecule has 2 aromatic heterocycles. The van der Waals surface area contributed by atoms with Gasteiger partial charge >= 0.3 is 0 Å². The molecule has 2 heterocycles. The fourth-order valence-corrected chi connectivity index (χ4v) is 2.13. The zero-order valence-electron chi connectivity index (χ0n) is 11.2. The first-order valence-electron chi connectivity index (χ1n) is 6.43. The summed E-state index contributed by atoms with van der Waals surface area (Å²) in [5.41, 5.74) is 7.98. The molecule has 6 nitrogen and oxygen atoms in total. The number of rotatable bonds is 3. The Kier molecular flexibility index (Phi) is 3.19. The van der Waals surface area contributed by atoms with E-state index in [1.165, 1.54) is 12.3 Å². The van der Waals surface area contributed by atoms with Crippen molar-refractivity contribution in [3.8, 4) is 5.75 Å². The van der Waals surface area contributed by atoms with E-state index in [0.29, 0.717) is 16.8 Å². The number of phenolic OH excluding ortho intramolecular Hbond substituents is 1. The molecule has 6 heteroatoms. The van der Waals surface area contributed by atoms with Gasteiger partial charge in [0.25, 0.3) is 5.91 Å². The minimum atomic E-state index is -0.252. The van der Waals surface area contributed by atoms with Gasteiger partial charge < -0.3 is 16.2 Å². The number of anilines is 1. The summed E-state index contributed by atoms with van der Waals surface area (Å²) < 4.78 is 1.63. The number of amides is 1. The van der Waals surface area contributed by atoms with Gasteiger partial charge in [0.05, 0.1) is 17.3 Å². The Hall–Kier alpha value is -3.02. The van der Waals surface area contributed by atoms with Crippen LogP contribution in [0.4, 0.5) is 5.69 Å². The minimum absolute atomic E-state index is 0.101. The first-order valence-corrected chi connectivity index (χ1v) is 6.43. The number of nitrogens with two attached hydrogens (primary N) is 1. The van der Waals surface area contributed by atoms with Gasteiger partial charge in [0.15, 0.2) is 0 Å². The Morgan fingerprint density at radius 2 is 2.19 bits per heavy atom. The Bertz CT molecular complexity index is 810. The molecule has 3 rings (SSSR count). The molecular formula is C15H14N4O2. The van der Waals surface area contributed by atoms with E-state index in [1.807, 2.05) is 18.2 Å². The molecule has 106 valence electrons. The third kappa shape index (κ3) is 2.51. The summed E-state index contributed by atoms with van der Waals surface area (Å²) in [7, 11) is 0. The summed E-state index contributed by atoms with van der Waals surface area (Å²) >= 11 is 0. The maximum atomic E-state index is 12.2. The molecule has 0 unspecified atom stereocenters. The van der Waals surface area contributed by atoms with Crippen molar-refractivity contribution < 1.29 is 9.90 Å². The van der Waals surface area contributed by atoms with Crippen LogP contribution in [0.5, 0.6) is 5.75 Å². The standard InChI is InChI=1S/C15H14N4O2/c16-11-4-5-14(20)10(7-11)8-17-15(21)12-9-18-19-6-2-1-3-13(12)19/h1-7,9,20H,8,16H2,(H,17,21). The van der Waals surface area contributed by atoms with Crippen LogP contribution in [-0.4, -0.2) is 20.6 Å². The highest BCUT2D eigenvalue weighted by Gasteiger charge is 2.12. The van der Waals surface area contributed by atoms with Crippen LogP contribution in [-0.2, 0) is 6.54 Å². The van der Waals surface area contributed by atoms with Crippen molar-refractivity contribution in [2.75, 3.05) is 5.73 Å². The Morgan fingerprint density at radius 3 is 3.05 bits per heavy atom. The van der Waals surface area contributed by atoms with Crippen LogP contribution in [0.3, 0.4) is 0 Å². The number of pyridine rings is 1. The Labute approximate surface area is 120 Å². The highest BCUT2D eigenvalue weighted by Crippen LogP contribution is 2.19. The second-order valence-corrected chi connectivity index (χ2v) is 4.66. The smallest absolute Gasteiger partial charge is 0.255 e. The van der Waals surface area contributed by atoms with E-state index in [-0.39, 0.29) is 18.2 Å². The molecule has 0 aliphatic carbocycles. The zero-order chi connectivity index (χ0) is 14.8. The molecular weight excluding hydrogens is 268 g/mol. The molecule has 21 heavy (non-hydrogen) atoms. The highest BCUT2D eigenvalue weighted by molar-refractivity contribution is 6.00. The molecule has 0 radical (unpaired) electrons. The normalized spacial score (nSPS) is 10.7. The second-order valence-electron chi connectivity index (χ2n) is 4.66. The number of fused-ring (bicyclic) bond motifs is 1. The number of nitrogen functional groups attached to an aromatic ring is 1. The average molecular weight is 282 g/mol. The van der Waals surface area contributed by atoms with Gasteiger partial charge in [-0.3, -0.25) is 4.79 Å². The monoisotopic (exact) mass is 282 g/mol. The van der Waals surface area contributed by atoms with E-state index in [1.54, 1.807) is 22.8 Å². The average Bonchev–Trinajstić information content (AvgIpc) is 2.92. The molecule has 0 aliphatic rings. The maximum absolute atomic E-state index is 12.2. The number of carbonyl (C=O) groups is 1. The van der Waals surface area contributed by atoms with Gasteiger partial charge in [-0.2, -0.15) is 5.10 Å². The van der Waals surface area contributed by atoms with E-state index >= 15 is 0 Å². The predicted molar refractivity (Wildman–Crippen MR) is 78.9 cm³/mol. The number of nitrogens with one attached hydrogen (secondary N) is 1. The summed E-state index contributed by atoms with van der Waals surface area (Å²) in [4.78, 5) is 12.2. The van der Waals surface area contributed by atoms with Gasteiger partial charge in [-0.25, -0.2) is 4.52 Å². The first-order chi connectivity index (χ1) is 10.1. The van der Waals surface area contributed by atoms with Gasteiger partial charge in [0.2, 0.25) is 0 Å². The molecule has 1 aromatic carbocycles. The van der Waals surface area contributed by atoms with Gasteiger partial charge in [-0.1, -0.05) is 6.07 Å². The zero-order valence-corrected chi connectivity index (χ0v) is 11.2. The molecule has 4 N–H and O–H groups in total. The van der Waals surface area contributed by atoms with E-state index in [4.69, 9.17) is 5.73 Å². The molecule has 1 amide bonds. The summed E-state index contributed by atoms with van der Waals surface area (Å²) in [5, 5.41) is 16.6. The summed E-state index contributed by atoms with van der Waals surface area (Å²) in [6, 6.07) is 10.2. The minimum Gasteiger partial charge on any atom is -0.508 e. The predicted octanol–water partition coefficient (Wildman–Crippen LogP) is 1.55. The van der Waals surface area contributed by atoms with Crippen LogP contribution in [0.1, 0.15) is 15.9 Å². The number of carbonyl (C=O) groups excluding carboxylic acids is 1. The van der Waals surface area contributed by atoms with E-state index < -0.39 is 0 Å². The van der Waals surface area contributed by atoms with Crippen LogP contribution < -0.4 is 11.1 Å². The quantitative estimate of drug-likeness (QED) is 0.502. The molecule has 0 saturated carbocycles. The van der Waals surface area contributed by atoms with Crippen molar-refractivity contribution in [1.82, 2.24) is 14.9 Å². The number of nitrogens with zero attached hydrogens (tertiary/aromatic N) is 2. The van der Waals surface area contributed by atoms with Crippen LogP contribution in [0.15, 0.2) is 48.8 Å². The fraction of sp³-hybridized carbons (Fsp3) is 0.0667. The molecule has 3 aromatic rings. The van der Waals surface area contributed by atoms with Crippen molar-refractivity contribution in [3.05, 3.63) is 59.9 Å². The van der Waals surface area contributed by atoms with Crippen LogP contribution in [0, 0.1) is 0 Å². The second kappa shape index (κ2) is 5.16. The Morgan fingerprint density at radius 1 is 1.33 bits per heavy atom. The number of hydrogen-bond donors (Lipinski definition) is 3. The summed E-state index contributed by atoms with van der Waals surface area (Å²) in [5.74, 6) is -0.151. The van der Waals surface area contributed by atoms with Crippen molar-refractivity contribution in [2.24, 2.45) is 0 Å². The number of aromatic nitrogens is 2. The van der Waals surface area contributed by atoms with E-state index in [2.05, 4.69) is 10.4 Å². The number of hydrogen-bond acceptors (Lipinski definition) is 4. The van der Waals surface area contributed by atoms with Crippen molar-refractivity contribution in [3.63, 3.8) is 0 Å². The largest absolute Gasteiger partial charge is 0.508 e. The third-order valence-electron chi connectivity index (χ3n) is 3.21. The molecule has 0 bridgehead atoms. The third-order valence-corrected chi connectivity index (χ3v) is 3.21. The number of phenols is 1. The van der Waals surface area contributed by atoms with Crippen LogP contribution >= 0.6 is 0 Å². The fourth-order valence-electron chi connectivity index (χ4n) is 2.13. The number of aromatic hydroxyl groups is 1.